The van der Waals surface area contributed by atoms with Crippen molar-refractivity contribution >= 4 is 23.1 Å². The molecule has 0 spiro atoms. The van der Waals surface area contributed by atoms with E-state index in [1.54, 1.807) is 0 Å². The van der Waals surface area contributed by atoms with Crippen molar-refractivity contribution in [3.05, 3.63) is 34.1 Å². The maximum absolute atomic E-state index is 13.5. The van der Waals surface area contributed by atoms with E-state index in [4.69, 9.17) is 0 Å². The lowest BCUT2D eigenvalue weighted by Gasteiger charge is -2.24. The minimum atomic E-state index is -0.555. The number of hydrogen-bond acceptors (Lipinski definition) is 4. The molecule has 1 aliphatic rings. The van der Waals surface area contributed by atoms with Crippen LogP contribution in [0.5, 0.6) is 0 Å². The van der Waals surface area contributed by atoms with Gasteiger partial charge >= 0.3 is 0 Å². The molecule has 1 fully saturated rings. The van der Waals surface area contributed by atoms with Gasteiger partial charge in [-0.1, -0.05) is 13.8 Å². The van der Waals surface area contributed by atoms with Gasteiger partial charge in [-0.05, 0) is 12.5 Å². The number of hydrogen-bond donors (Lipinski definition) is 0. The smallest absolute Gasteiger partial charge is 0.274 e. The number of nitro groups is 1. The summed E-state index contributed by atoms with van der Waals surface area (Å²) in [6.45, 7) is 5.96. The Labute approximate surface area is 116 Å². The van der Waals surface area contributed by atoms with Crippen molar-refractivity contribution in [2.45, 2.75) is 25.0 Å². The Morgan fingerprint density at radius 2 is 2.11 bits per heavy atom. The molecule has 19 heavy (non-hydrogen) atoms. The van der Waals surface area contributed by atoms with Crippen molar-refractivity contribution in [2.24, 2.45) is 0 Å². The molecule has 6 heteroatoms. The van der Waals surface area contributed by atoms with Gasteiger partial charge in [-0.25, -0.2) is 4.39 Å². The normalized spacial score (nSPS) is 19.0. The number of rotatable bonds is 2. The Morgan fingerprint density at radius 1 is 1.37 bits per heavy atom. The number of thioether (sulfide) groups is 1. The zero-order valence-electron chi connectivity index (χ0n) is 11.1. The Morgan fingerprint density at radius 3 is 2.79 bits per heavy atom. The van der Waals surface area contributed by atoms with Gasteiger partial charge in [0.2, 0.25) is 0 Å². The van der Waals surface area contributed by atoms with Crippen LogP contribution in [-0.4, -0.2) is 28.5 Å². The molecule has 1 saturated heterocycles. The number of nitro benzene ring substituents is 1. The zero-order valence-corrected chi connectivity index (χ0v) is 11.9. The van der Waals surface area contributed by atoms with Crippen LogP contribution in [0.25, 0.3) is 0 Å². The van der Waals surface area contributed by atoms with E-state index in [-0.39, 0.29) is 10.4 Å². The minimum absolute atomic E-state index is 0.189. The summed E-state index contributed by atoms with van der Waals surface area (Å²) in [5, 5.41) is 10.8. The minimum Gasteiger partial charge on any atom is -0.370 e. The third kappa shape index (κ3) is 3.59. The summed E-state index contributed by atoms with van der Waals surface area (Å²) < 4.78 is 13.7. The molecule has 0 radical (unpaired) electrons. The number of anilines is 1. The maximum atomic E-state index is 13.5. The molecule has 4 nitrogen and oxygen atoms in total. The van der Waals surface area contributed by atoms with E-state index in [0.29, 0.717) is 5.69 Å². The standard InChI is InChI=1S/C13H17FN2O2S/c1-13(2)3-4-15(5-6-19-13)11-7-10(14)8-12(9-11)16(17)18/h7-9H,3-6H2,1-2H3. The van der Waals surface area contributed by atoms with Crippen molar-refractivity contribution in [2.75, 3.05) is 23.7 Å². The first-order valence-electron chi connectivity index (χ1n) is 6.21. The Balaban J connectivity index is 2.24. The number of halogens is 1. The molecule has 0 N–H and O–H groups in total. The molecule has 0 atom stereocenters. The SMILES string of the molecule is CC1(C)CCN(c2cc(F)cc([N+](=O)[O-])c2)CCS1. The molecule has 0 amide bonds. The first-order chi connectivity index (χ1) is 8.87. The molecule has 0 aromatic heterocycles. The fraction of sp³-hybridized carbons (Fsp3) is 0.538. The van der Waals surface area contributed by atoms with Crippen LogP contribution in [0.15, 0.2) is 18.2 Å². The molecular weight excluding hydrogens is 267 g/mol. The molecule has 1 aliphatic heterocycles. The molecule has 104 valence electrons. The van der Waals surface area contributed by atoms with Gasteiger partial charge < -0.3 is 4.90 Å². The number of nitrogens with zero attached hydrogens (tertiary/aromatic N) is 2. The van der Waals surface area contributed by atoms with Crippen LogP contribution in [0.3, 0.4) is 0 Å². The fourth-order valence-electron chi connectivity index (χ4n) is 2.13. The van der Waals surface area contributed by atoms with E-state index in [1.807, 2.05) is 16.7 Å². The van der Waals surface area contributed by atoms with E-state index in [1.165, 1.54) is 12.1 Å². The van der Waals surface area contributed by atoms with E-state index in [2.05, 4.69) is 13.8 Å². The molecule has 0 unspecified atom stereocenters. The van der Waals surface area contributed by atoms with Crippen LogP contribution in [0.4, 0.5) is 15.8 Å². The molecule has 1 aromatic carbocycles. The van der Waals surface area contributed by atoms with Gasteiger partial charge in [0, 0.05) is 35.3 Å². The maximum Gasteiger partial charge on any atom is 0.274 e. The third-order valence-corrected chi connectivity index (χ3v) is 4.65. The second kappa shape index (κ2) is 5.36. The summed E-state index contributed by atoms with van der Waals surface area (Å²) in [6, 6.07) is 3.78. The van der Waals surface area contributed by atoms with Crippen molar-refractivity contribution in [1.29, 1.82) is 0 Å². The summed E-state index contributed by atoms with van der Waals surface area (Å²) in [5.41, 5.74) is 0.413. The van der Waals surface area contributed by atoms with Crippen LogP contribution in [-0.2, 0) is 0 Å². The van der Waals surface area contributed by atoms with Gasteiger partial charge in [-0.2, -0.15) is 11.8 Å². The Hall–Kier alpha value is -1.30. The molecule has 0 bridgehead atoms. The number of benzene rings is 1. The monoisotopic (exact) mass is 284 g/mol. The van der Waals surface area contributed by atoms with Crippen LogP contribution in [0.1, 0.15) is 20.3 Å². The second-order valence-corrected chi connectivity index (χ2v) is 7.07. The number of non-ortho nitro benzene ring substituents is 1. The van der Waals surface area contributed by atoms with Crippen molar-refractivity contribution < 1.29 is 9.31 Å². The lowest BCUT2D eigenvalue weighted by Crippen LogP contribution is -2.27. The summed E-state index contributed by atoms with van der Waals surface area (Å²) >= 11 is 1.89. The van der Waals surface area contributed by atoms with Crippen molar-refractivity contribution in [3.8, 4) is 0 Å². The summed E-state index contributed by atoms with van der Waals surface area (Å²) in [5.74, 6) is 0.387. The van der Waals surface area contributed by atoms with Gasteiger partial charge in [-0.15, -0.1) is 0 Å². The molecular formula is C13H17FN2O2S. The molecule has 0 aliphatic carbocycles. The Bertz CT molecular complexity index is 494. The summed E-state index contributed by atoms with van der Waals surface area (Å²) in [6.07, 6.45) is 0.974. The highest BCUT2D eigenvalue weighted by molar-refractivity contribution is 8.00. The Kier molecular flexibility index (Phi) is 3.99. The van der Waals surface area contributed by atoms with Gasteiger partial charge in [0.25, 0.3) is 5.69 Å². The second-order valence-electron chi connectivity index (χ2n) is 5.27. The van der Waals surface area contributed by atoms with Gasteiger partial charge in [0.05, 0.1) is 11.0 Å². The average Bonchev–Trinajstić information content (AvgIpc) is 2.49. The topological polar surface area (TPSA) is 46.4 Å². The van der Waals surface area contributed by atoms with Crippen LogP contribution in [0.2, 0.25) is 0 Å². The zero-order chi connectivity index (χ0) is 14.0. The van der Waals surface area contributed by atoms with E-state index < -0.39 is 10.7 Å². The first kappa shape index (κ1) is 14.1. The van der Waals surface area contributed by atoms with Crippen LogP contribution < -0.4 is 4.90 Å². The lowest BCUT2D eigenvalue weighted by molar-refractivity contribution is -0.385. The summed E-state index contributed by atoms with van der Waals surface area (Å²) in [4.78, 5) is 12.2. The highest BCUT2D eigenvalue weighted by Gasteiger charge is 2.24. The van der Waals surface area contributed by atoms with Crippen molar-refractivity contribution in [1.82, 2.24) is 0 Å². The molecule has 1 aromatic rings. The highest BCUT2D eigenvalue weighted by Crippen LogP contribution is 2.33. The molecule has 2 rings (SSSR count). The quantitative estimate of drug-likeness (QED) is 0.616. The average molecular weight is 284 g/mol. The lowest BCUT2D eigenvalue weighted by atomic mass is 10.1. The van der Waals surface area contributed by atoms with Gasteiger partial charge in [-0.3, -0.25) is 10.1 Å². The van der Waals surface area contributed by atoms with E-state index in [9.17, 15) is 14.5 Å². The summed E-state index contributed by atoms with van der Waals surface area (Å²) in [7, 11) is 0. The highest BCUT2D eigenvalue weighted by atomic mass is 32.2. The predicted molar refractivity (Wildman–Crippen MR) is 76.4 cm³/mol. The largest absolute Gasteiger partial charge is 0.370 e. The van der Waals surface area contributed by atoms with Crippen LogP contribution in [0, 0.1) is 15.9 Å². The fourth-order valence-corrected chi connectivity index (χ4v) is 3.23. The molecule has 1 heterocycles. The predicted octanol–water partition coefficient (Wildman–Crippen LogP) is 3.46. The van der Waals surface area contributed by atoms with Crippen molar-refractivity contribution in [3.63, 3.8) is 0 Å². The van der Waals surface area contributed by atoms with E-state index in [0.717, 1.165) is 31.3 Å². The van der Waals surface area contributed by atoms with Gasteiger partial charge in [0.15, 0.2) is 0 Å². The van der Waals surface area contributed by atoms with Crippen LogP contribution >= 0.6 is 11.8 Å². The van der Waals surface area contributed by atoms with E-state index >= 15 is 0 Å². The third-order valence-electron chi connectivity index (χ3n) is 3.28. The van der Waals surface area contributed by atoms with Gasteiger partial charge in [0.1, 0.15) is 5.82 Å². The molecule has 0 saturated carbocycles. The first-order valence-corrected chi connectivity index (χ1v) is 7.20.